The lowest BCUT2D eigenvalue weighted by atomic mass is 10.4. The smallest absolute Gasteiger partial charge is 0.347 e. The number of carbonyl (C=O) groups is 2. The zero-order chi connectivity index (χ0) is 19.1. The van der Waals surface area contributed by atoms with E-state index in [1.54, 1.807) is 17.4 Å². The van der Waals surface area contributed by atoms with Crippen molar-refractivity contribution in [2.24, 2.45) is 0 Å². The molecule has 0 atom stereocenters. The quantitative estimate of drug-likeness (QED) is 0.553. The topological polar surface area (TPSA) is 104 Å². The van der Waals surface area contributed by atoms with Crippen LogP contribution < -0.4 is 15.4 Å². The monoisotopic (exact) mass is 445 g/mol. The second kappa shape index (κ2) is 9.15. The molecule has 0 aliphatic carbocycles. The summed E-state index contributed by atoms with van der Waals surface area (Å²) < 4.78 is 62.4. The summed E-state index contributed by atoms with van der Waals surface area (Å²) in [5.41, 5.74) is 0. The van der Waals surface area contributed by atoms with E-state index in [1.807, 2.05) is 0 Å². The first-order valence-electron chi connectivity index (χ1n) is 6.85. The number of hydrogen-bond donors (Lipinski definition) is 3. The van der Waals surface area contributed by atoms with Gasteiger partial charge in [0.2, 0.25) is 21.8 Å². The summed E-state index contributed by atoms with van der Waals surface area (Å²) in [5, 5.41) is 3.68. The second-order valence-electron chi connectivity index (χ2n) is 4.77. The third-order valence-electron chi connectivity index (χ3n) is 2.70. The standard InChI is InChI=1S/C13H15BrF3N3O4S/c14-9-1-3-10(4-2-9)25(23,24)20-6-5-11(21)18-7-12(22)19-8-13(15,16)17/h1-4,20H,5-8H2,(H,18,21)(H,19,22). The zero-order valence-electron chi connectivity index (χ0n) is 12.7. The number of hydrogen-bond acceptors (Lipinski definition) is 4. The predicted octanol–water partition coefficient (Wildman–Crippen LogP) is 0.912. The maximum Gasteiger partial charge on any atom is 0.405 e. The Morgan fingerprint density at radius 2 is 1.64 bits per heavy atom. The lowest BCUT2D eigenvalue weighted by molar-refractivity contribution is -0.138. The number of amides is 2. The van der Waals surface area contributed by atoms with Gasteiger partial charge in [0.15, 0.2) is 0 Å². The molecule has 1 aromatic carbocycles. The van der Waals surface area contributed by atoms with Crippen LogP contribution in [-0.4, -0.2) is 46.0 Å². The molecule has 25 heavy (non-hydrogen) atoms. The number of benzene rings is 1. The van der Waals surface area contributed by atoms with Crippen LogP contribution in [0.1, 0.15) is 6.42 Å². The number of sulfonamides is 1. The van der Waals surface area contributed by atoms with Gasteiger partial charge in [-0.2, -0.15) is 13.2 Å². The molecule has 0 fully saturated rings. The molecule has 3 N–H and O–H groups in total. The lowest BCUT2D eigenvalue weighted by Crippen LogP contribution is -2.41. The summed E-state index contributed by atoms with van der Waals surface area (Å²) in [7, 11) is -3.78. The first-order valence-corrected chi connectivity index (χ1v) is 9.12. The van der Waals surface area contributed by atoms with Crippen molar-refractivity contribution in [2.75, 3.05) is 19.6 Å². The Labute approximate surface area is 150 Å². The molecular formula is C13H15BrF3N3O4S. The number of halogens is 4. The van der Waals surface area contributed by atoms with Crippen LogP contribution in [0.3, 0.4) is 0 Å². The Kier molecular flexibility index (Phi) is 7.83. The molecule has 1 rings (SSSR count). The summed E-state index contributed by atoms with van der Waals surface area (Å²) in [6.07, 6.45) is -4.81. The first kappa shape index (κ1) is 21.4. The van der Waals surface area contributed by atoms with Crippen LogP contribution in [0.15, 0.2) is 33.6 Å². The molecule has 0 spiro atoms. The summed E-state index contributed by atoms with van der Waals surface area (Å²) >= 11 is 3.17. The zero-order valence-corrected chi connectivity index (χ0v) is 15.1. The third-order valence-corrected chi connectivity index (χ3v) is 4.71. The Balaban J connectivity index is 2.32. The van der Waals surface area contributed by atoms with E-state index in [0.717, 1.165) is 0 Å². The molecule has 0 saturated carbocycles. The molecule has 0 radical (unpaired) electrons. The largest absolute Gasteiger partial charge is 0.405 e. The molecule has 0 saturated heterocycles. The highest BCUT2D eigenvalue weighted by Gasteiger charge is 2.27. The van der Waals surface area contributed by atoms with Gasteiger partial charge >= 0.3 is 6.18 Å². The lowest BCUT2D eigenvalue weighted by Gasteiger charge is -2.09. The Hall–Kier alpha value is -1.66. The fourth-order valence-electron chi connectivity index (χ4n) is 1.52. The van der Waals surface area contributed by atoms with Gasteiger partial charge in [-0.05, 0) is 24.3 Å². The molecule has 0 aliphatic heterocycles. The van der Waals surface area contributed by atoms with Crippen LogP contribution in [0.4, 0.5) is 13.2 Å². The van der Waals surface area contributed by atoms with Crippen LogP contribution in [0.2, 0.25) is 0 Å². The Morgan fingerprint density at radius 1 is 1.04 bits per heavy atom. The van der Waals surface area contributed by atoms with Crippen molar-refractivity contribution in [3.63, 3.8) is 0 Å². The summed E-state index contributed by atoms with van der Waals surface area (Å²) in [6, 6.07) is 5.83. The van der Waals surface area contributed by atoms with E-state index in [9.17, 15) is 31.2 Å². The number of nitrogens with one attached hydrogen (secondary N) is 3. The molecule has 12 heteroatoms. The second-order valence-corrected chi connectivity index (χ2v) is 7.45. The third kappa shape index (κ3) is 8.84. The minimum Gasteiger partial charge on any atom is -0.347 e. The molecule has 0 heterocycles. The van der Waals surface area contributed by atoms with Gasteiger partial charge in [0, 0.05) is 17.4 Å². The minimum absolute atomic E-state index is 0.0163. The Morgan fingerprint density at radius 3 is 2.20 bits per heavy atom. The van der Waals surface area contributed by atoms with Gasteiger partial charge in [-0.15, -0.1) is 0 Å². The van der Waals surface area contributed by atoms with Gasteiger partial charge in [-0.25, -0.2) is 13.1 Å². The fraction of sp³-hybridized carbons (Fsp3) is 0.385. The van der Waals surface area contributed by atoms with E-state index in [1.165, 1.54) is 12.1 Å². The Bertz CT molecular complexity index is 708. The van der Waals surface area contributed by atoms with Crippen LogP contribution in [0, 0.1) is 0 Å². The highest BCUT2D eigenvalue weighted by molar-refractivity contribution is 9.10. The van der Waals surface area contributed by atoms with Crippen molar-refractivity contribution < 1.29 is 31.2 Å². The van der Waals surface area contributed by atoms with E-state index >= 15 is 0 Å². The van der Waals surface area contributed by atoms with Crippen molar-refractivity contribution in [3.8, 4) is 0 Å². The van der Waals surface area contributed by atoms with Gasteiger partial charge in [0.05, 0.1) is 11.4 Å². The molecular weight excluding hydrogens is 431 g/mol. The van der Waals surface area contributed by atoms with E-state index in [0.29, 0.717) is 4.47 Å². The highest BCUT2D eigenvalue weighted by Crippen LogP contribution is 2.14. The summed E-state index contributed by atoms with van der Waals surface area (Å²) in [5.74, 6) is -1.68. The van der Waals surface area contributed by atoms with Crippen molar-refractivity contribution in [1.82, 2.24) is 15.4 Å². The van der Waals surface area contributed by atoms with Crippen molar-refractivity contribution in [1.29, 1.82) is 0 Å². The van der Waals surface area contributed by atoms with Crippen molar-refractivity contribution in [2.45, 2.75) is 17.5 Å². The van der Waals surface area contributed by atoms with Crippen molar-refractivity contribution >= 4 is 37.8 Å². The molecule has 2 amide bonds. The number of carbonyl (C=O) groups excluding carboxylic acids is 2. The molecule has 140 valence electrons. The van der Waals surface area contributed by atoms with E-state index in [2.05, 4.69) is 26.0 Å². The average molecular weight is 446 g/mol. The molecule has 7 nitrogen and oxygen atoms in total. The molecule has 0 unspecified atom stereocenters. The maximum absolute atomic E-state index is 11.9. The predicted molar refractivity (Wildman–Crippen MR) is 86.0 cm³/mol. The fourth-order valence-corrected chi connectivity index (χ4v) is 2.82. The summed E-state index contributed by atoms with van der Waals surface area (Å²) in [4.78, 5) is 22.6. The van der Waals surface area contributed by atoms with Crippen LogP contribution in [-0.2, 0) is 19.6 Å². The van der Waals surface area contributed by atoms with Crippen LogP contribution in [0.5, 0.6) is 0 Å². The molecule has 0 aromatic heterocycles. The van der Waals surface area contributed by atoms with Gasteiger partial charge in [0.1, 0.15) is 6.54 Å². The maximum atomic E-state index is 11.9. The van der Waals surface area contributed by atoms with Crippen LogP contribution >= 0.6 is 15.9 Å². The van der Waals surface area contributed by atoms with E-state index in [4.69, 9.17) is 0 Å². The van der Waals surface area contributed by atoms with Gasteiger partial charge in [0.25, 0.3) is 0 Å². The van der Waals surface area contributed by atoms with Crippen LogP contribution in [0.25, 0.3) is 0 Å². The average Bonchev–Trinajstić information content (AvgIpc) is 2.50. The van der Waals surface area contributed by atoms with Gasteiger partial charge in [-0.3, -0.25) is 9.59 Å². The summed E-state index contributed by atoms with van der Waals surface area (Å²) in [6.45, 7) is -2.35. The first-order chi connectivity index (χ1) is 11.5. The highest BCUT2D eigenvalue weighted by atomic mass is 79.9. The number of alkyl halides is 3. The SMILES string of the molecule is O=C(CCNS(=O)(=O)c1ccc(Br)cc1)NCC(=O)NCC(F)(F)F. The minimum atomic E-state index is -4.54. The van der Waals surface area contributed by atoms with E-state index in [-0.39, 0.29) is 17.9 Å². The normalized spacial score (nSPS) is 11.8. The number of rotatable bonds is 8. The van der Waals surface area contributed by atoms with E-state index < -0.39 is 41.1 Å². The molecule has 0 aliphatic rings. The van der Waals surface area contributed by atoms with Gasteiger partial charge in [-0.1, -0.05) is 15.9 Å². The van der Waals surface area contributed by atoms with Gasteiger partial charge < -0.3 is 10.6 Å². The molecule has 1 aromatic rings. The molecule has 0 bridgehead atoms. The van der Waals surface area contributed by atoms with Crippen molar-refractivity contribution in [3.05, 3.63) is 28.7 Å².